The summed E-state index contributed by atoms with van der Waals surface area (Å²) in [5.41, 5.74) is 0.922. The second-order valence-corrected chi connectivity index (χ2v) is 9.30. The molecule has 1 aromatic carbocycles. The molecule has 2 heterocycles. The Bertz CT molecular complexity index is 1030. The number of likely N-dealkylation sites (tertiary alicyclic amines) is 2. The Kier molecular flexibility index (Phi) is 9.84. The van der Waals surface area contributed by atoms with Crippen LogP contribution in [-0.4, -0.2) is 94.0 Å². The van der Waals surface area contributed by atoms with Crippen LogP contribution in [0.2, 0.25) is 0 Å². The lowest BCUT2D eigenvalue weighted by Gasteiger charge is -2.27. The molecule has 1 N–H and O–H groups in total. The number of benzene rings is 1. The molecule has 0 unspecified atom stereocenters. The monoisotopic (exact) mass is 541 g/mol. The standard InChI is InChI=1S/C25H30F3N3O7/c26-25(27,28)24(37)38-23(36)19-9-5-13-31(19)21(33)11-15-29(16-17-6-2-1-3-7-17)14-10-20(32)30-12-4-8-18(30)22(34)35/h1-3,6-7,18-19H,4-5,8-16H2,(H,34,35)/t18-,19-/m1/s1. The number of nitrogens with zero attached hydrogens (tertiary/aromatic N) is 3. The van der Waals surface area contributed by atoms with Crippen molar-refractivity contribution in [2.24, 2.45) is 0 Å². The van der Waals surface area contributed by atoms with Gasteiger partial charge in [0.15, 0.2) is 0 Å². The van der Waals surface area contributed by atoms with Gasteiger partial charge in [0.25, 0.3) is 0 Å². The Morgan fingerprint density at radius 2 is 1.42 bits per heavy atom. The highest BCUT2D eigenvalue weighted by Crippen LogP contribution is 2.23. The molecule has 2 fully saturated rings. The Morgan fingerprint density at radius 1 is 0.895 bits per heavy atom. The van der Waals surface area contributed by atoms with Crippen molar-refractivity contribution in [3.8, 4) is 0 Å². The van der Waals surface area contributed by atoms with Gasteiger partial charge in [-0.15, -0.1) is 0 Å². The number of amides is 2. The fourth-order valence-corrected chi connectivity index (χ4v) is 4.76. The van der Waals surface area contributed by atoms with E-state index >= 15 is 0 Å². The van der Waals surface area contributed by atoms with Gasteiger partial charge in [-0.2, -0.15) is 13.2 Å². The van der Waals surface area contributed by atoms with Crippen LogP contribution < -0.4 is 0 Å². The lowest BCUT2D eigenvalue weighted by Crippen LogP contribution is -2.44. The predicted octanol–water partition coefficient (Wildman–Crippen LogP) is 1.97. The van der Waals surface area contributed by atoms with Gasteiger partial charge in [0.2, 0.25) is 11.8 Å². The smallest absolute Gasteiger partial charge is 0.480 e. The fraction of sp³-hybridized carbons (Fsp3) is 0.560. The zero-order valence-electron chi connectivity index (χ0n) is 20.7. The molecular formula is C25H30F3N3O7. The number of esters is 2. The Labute approximate surface area is 217 Å². The number of hydrogen-bond acceptors (Lipinski definition) is 7. The molecule has 0 saturated carbocycles. The molecule has 10 nitrogen and oxygen atoms in total. The minimum absolute atomic E-state index is 0.0447. The molecule has 2 amide bonds. The molecule has 0 aliphatic carbocycles. The van der Waals surface area contributed by atoms with E-state index in [-0.39, 0.29) is 44.8 Å². The van der Waals surface area contributed by atoms with Gasteiger partial charge in [-0.1, -0.05) is 30.3 Å². The van der Waals surface area contributed by atoms with Crippen molar-refractivity contribution < 1.29 is 47.0 Å². The quantitative estimate of drug-likeness (QED) is 0.352. The molecule has 2 aliphatic rings. The zero-order valence-corrected chi connectivity index (χ0v) is 20.7. The normalized spacial score (nSPS) is 19.6. The number of carboxylic acid groups (broad SMARTS) is 1. The maximum atomic E-state index is 12.9. The van der Waals surface area contributed by atoms with E-state index in [1.165, 1.54) is 4.90 Å². The van der Waals surface area contributed by atoms with Gasteiger partial charge in [0.05, 0.1) is 0 Å². The lowest BCUT2D eigenvalue weighted by atomic mass is 10.2. The molecule has 0 radical (unpaired) electrons. The zero-order chi connectivity index (χ0) is 27.9. The van der Waals surface area contributed by atoms with Crippen LogP contribution in [0.25, 0.3) is 0 Å². The highest BCUT2D eigenvalue weighted by Gasteiger charge is 2.45. The van der Waals surface area contributed by atoms with Gasteiger partial charge in [-0.05, 0) is 31.2 Å². The number of carboxylic acids is 1. The first-order valence-corrected chi connectivity index (χ1v) is 12.4. The first-order valence-electron chi connectivity index (χ1n) is 12.4. The van der Waals surface area contributed by atoms with E-state index in [4.69, 9.17) is 0 Å². The second-order valence-electron chi connectivity index (χ2n) is 9.30. The molecule has 2 atom stereocenters. The van der Waals surface area contributed by atoms with Crippen molar-refractivity contribution in [3.05, 3.63) is 35.9 Å². The van der Waals surface area contributed by atoms with Crippen LogP contribution in [0.5, 0.6) is 0 Å². The van der Waals surface area contributed by atoms with E-state index < -0.39 is 42.1 Å². The number of aliphatic carboxylic acids is 1. The number of alkyl halides is 3. The summed E-state index contributed by atoms with van der Waals surface area (Å²) >= 11 is 0. The van der Waals surface area contributed by atoms with Crippen molar-refractivity contribution in [2.75, 3.05) is 26.2 Å². The molecule has 3 rings (SSSR count). The third-order valence-electron chi connectivity index (χ3n) is 6.66. The van der Waals surface area contributed by atoms with Crippen LogP contribution in [0.15, 0.2) is 30.3 Å². The predicted molar refractivity (Wildman–Crippen MR) is 125 cm³/mol. The Hall–Kier alpha value is -3.48. The summed E-state index contributed by atoms with van der Waals surface area (Å²) < 4.78 is 41.3. The maximum Gasteiger partial charge on any atom is 0.491 e. The molecule has 0 spiro atoms. The SMILES string of the molecule is O=C(O)[C@H]1CCCN1C(=O)CCN(CCC(=O)N1CCC[C@@H]1C(=O)OC(=O)C(F)(F)F)Cc1ccccc1. The van der Waals surface area contributed by atoms with Crippen molar-refractivity contribution in [1.82, 2.24) is 14.7 Å². The van der Waals surface area contributed by atoms with Gasteiger partial charge < -0.3 is 19.6 Å². The average Bonchev–Trinajstić information content (AvgIpc) is 3.55. The molecule has 208 valence electrons. The minimum atomic E-state index is -5.32. The number of carbonyl (C=O) groups excluding carboxylic acids is 4. The van der Waals surface area contributed by atoms with Gasteiger partial charge >= 0.3 is 24.1 Å². The van der Waals surface area contributed by atoms with Gasteiger partial charge in [0.1, 0.15) is 12.1 Å². The van der Waals surface area contributed by atoms with Crippen LogP contribution >= 0.6 is 0 Å². The van der Waals surface area contributed by atoms with E-state index in [9.17, 15) is 42.3 Å². The van der Waals surface area contributed by atoms with E-state index in [1.54, 1.807) is 0 Å². The van der Waals surface area contributed by atoms with Crippen LogP contribution in [0.4, 0.5) is 13.2 Å². The van der Waals surface area contributed by atoms with Crippen LogP contribution in [-0.2, 0) is 35.3 Å². The number of ether oxygens (including phenoxy) is 1. The van der Waals surface area contributed by atoms with Crippen LogP contribution in [0.3, 0.4) is 0 Å². The van der Waals surface area contributed by atoms with E-state index in [0.717, 1.165) is 10.5 Å². The fourth-order valence-electron chi connectivity index (χ4n) is 4.76. The number of rotatable bonds is 10. The molecule has 0 aromatic heterocycles. The molecule has 2 aliphatic heterocycles. The van der Waals surface area contributed by atoms with E-state index in [2.05, 4.69) is 4.74 Å². The first-order chi connectivity index (χ1) is 18.0. The van der Waals surface area contributed by atoms with Crippen molar-refractivity contribution in [2.45, 2.75) is 63.3 Å². The second kappa shape index (κ2) is 12.9. The Balaban J connectivity index is 1.60. The molecule has 0 bridgehead atoms. The molecule has 13 heteroatoms. The van der Waals surface area contributed by atoms with Crippen molar-refractivity contribution in [3.63, 3.8) is 0 Å². The number of halogens is 3. The lowest BCUT2D eigenvalue weighted by molar-refractivity contribution is -0.203. The third kappa shape index (κ3) is 7.76. The number of hydrogen-bond donors (Lipinski definition) is 1. The minimum Gasteiger partial charge on any atom is -0.480 e. The largest absolute Gasteiger partial charge is 0.491 e. The molecule has 38 heavy (non-hydrogen) atoms. The highest BCUT2D eigenvalue weighted by atomic mass is 19.4. The van der Waals surface area contributed by atoms with Gasteiger partial charge in [0, 0.05) is 45.6 Å². The van der Waals surface area contributed by atoms with E-state index in [1.807, 2.05) is 35.2 Å². The summed E-state index contributed by atoms with van der Waals surface area (Å²) in [7, 11) is 0. The van der Waals surface area contributed by atoms with Crippen molar-refractivity contribution in [1.29, 1.82) is 0 Å². The van der Waals surface area contributed by atoms with Gasteiger partial charge in [-0.3, -0.25) is 14.5 Å². The molecule has 1 aromatic rings. The van der Waals surface area contributed by atoms with E-state index in [0.29, 0.717) is 32.4 Å². The topological polar surface area (TPSA) is 125 Å². The van der Waals surface area contributed by atoms with Crippen molar-refractivity contribution >= 4 is 29.7 Å². The average molecular weight is 542 g/mol. The summed E-state index contributed by atoms with van der Waals surface area (Å²) in [4.78, 5) is 64.6. The third-order valence-corrected chi connectivity index (χ3v) is 6.66. The number of carbonyl (C=O) groups is 5. The summed E-state index contributed by atoms with van der Waals surface area (Å²) in [5.74, 6) is -5.86. The first kappa shape index (κ1) is 29.1. The summed E-state index contributed by atoms with van der Waals surface area (Å²) in [6, 6.07) is 7.16. The maximum absolute atomic E-state index is 12.9. The van der Waals surface area contributed by atoms with Crippen LogP contribution in [0, 0.1) is 0 Å². The Morgan fingerprint density at radius 3 is 1.95 bits per heavy atom. The summed E-state index contributed by atoms with van der Waals surface area (Å²) in [6.45, 7) is 1.34. The van der Waals surface area contributed by atoms with Gasteiger partial charge in [-0.25, -0.2) is 14.4 Å². The molecule has 2 saturated heterocycles. The highest BCUT2D eigenvalue weighted by molar-refractivity contribution is 5.93. The summed E-state index contributed by atoms with van der Waals surface area (Å²) in [6.07, 6.45) is -3.90. The summed E-state index contributed by atoms with van der Waals surface area (Å²) in [5, 5.41) is 9.35. The molecular weight excluding hydrogens is 511 g/mol. The van der Waals surface area contributed by atoms with Crippen LogP contribution in [0.1, 0.15) is 44.1 Å².